The number of benzene rings is 2. The molecule has 0 aliphatic heterocycles. The first kappa shape index (κ1) is 13.6. The lowest BCUT2D eigenvalue weighted by Gasteiger charge is -2.21. The second-order valence-corrected chi connectivity index (χ2v) is 6.31. The number of hydrogen-bond donors (Lipinski definition) is 1. The average Bonchev–Trinajstić information content (AvgIpc) is 3.27. The average molecular weight is 334 g/mol. The SMILES string of the molecule is Cc1cc(Br)c(F)cc1NC(c1ccccc1)C1CC1. The van der Waals surface area contributed by atoms with Gasteiger partial charge in [-0.1, -0.05) is 30.3 Å². The van der Waals surface area contributed by atoms with Crippen molar-refractivity contribution in [1.82, 2.24) is 0 Å². The van der Waals surface area contributed by atoms with E-state index in [4.69, 9.17) is 0 Å². The predicted molar refractivity (Wildman–Crippen MR) is 84.4 cm³/mol. The van der Waals surface area contributed by atoms with E-state index in [0.29, 0.717) is 10.4 Å². The lowest BCUT2D eigenvalue weighted by molar-refractivity contribution is 0.619. The lowest BCUT2D eigenvalue weighted by Crippen LogP contribution is -2.13. The van der Waals surface area contributed by atoms with Crippen molar-refractivity contribution in [3.05, 3.63) is 63.9 Å². The van der Waals surface area contributed by atoms with Gasteiger partial charge in [-0.15, -0.1) is 0 Å². The molecule has 0 amide bonds. The molecular weight excluding hydrogens is 317 g/mol. The van der Waals surface area contributed by atoms with E-state index in [1.54, 1.807) is 6.07 Å². The van der Waals surface area contributed by atoms with E-state index >= 15 is 0 Å². The Morgan fingerprint density at radius 3 is 2.55 bits per heavy atom. The second kappa shape index (κ2) is 5.57. The molecule has 3 heteroatoms. The molecule has 1 N–H and O–H groups in total. The molecule has 2 aromatic carbocycles. The number of rotatable bonds is 4. The van der Waals surface area contributed by atoms with Gasteiger partial charge in [0, 0.05) is 5.69 Å². The zero-order chi connectivity index (χ0) is 14.1. The van der Waals surface area contributed by atoms with Crippen molar-refractivity contribution < 1.29 is 4.39 Å². The quantitative estimate of drug-likeness (QED) is 0.783. The van der Waals surface area contributed by atoms with Crippen molar-refractivity contribution in [1.29, 1.82) is 0 Å². The van der Waals surface area contributed by atoms with Gasteiger partial charge in [0.2, 0.25) is 0 Å². The summed E-state index contributed by atoms with van der Waals surface area (Å²) in [6.07, 6.45) is 2.48. The third kappa shape index (κ3) is 2.88. The molecule has 20 heavy (non-hydrogen) atoms. The Kier molecular flexibility index (Phi) is 3.79. The van der Waals surface area contributed by atoms with Gasteiger partial charge in [-0.05, 0) is 64.9 Å². The summed E-state index contributed by atoms with van der Waals surface area (Å²) in [5, 5.41) is 3.53. The molecule has 1 saturated carbocycles. The Balaban J connectivity index is 1.89. The number of anilines is 1. The zero-order valence-corrected chi connectivity index (χ0v) is 13.0. The van der Waals surface area contributed by atoms with E-state index in [1.807, 2.05) is 19.1 Å². The van der Waals surface area contributed by atoms with Gasteiger partial charge in [-0.3, -0.25) is 0 Å². The molecule has 104 valence electrons. The van der Waals surface area contributed by atoms with Gasteiger partial charge in [0.05, 0.1) is 10.5 Å². The maximum absolute atomic E-state index is 13.7. The van der Waals surface area contributed by atoms with E-state index in [-0.39, 0.29) is 11.9 Å². The Morgan fingerprint density at radius 2 is 1.90 bits per heavy atom. The number of halogens is 2. The third-order valence-electron chi connectivity index (χ3n) is 3.83. The molecule has 0 spiro atoms. The summed E-state index contributed by atoms with van der Waals surface area (Å²) in [7, 11) is 0. The van der Waals surface area contributed by atoms with Crippen LogP contribution in [-0.4, -0.2) is 0 Å². The highest BCUT2D eigenvalue weighted by molar-refractivity contribution is 9.10. The normalized spacial score (nSPS) is 15.9. The van der Waals surface area contributed by atoms with E-state index in [1.165, 1.54) is 18.4 Å². The van der Waals surface area contributed by atoms with Crippen molar-refractivity contribution in [2.45, 2.75) is 25.8 Å². The van der Waals surface area contributed by atoms with E-state index in [0.717, 1.165) is 11.3 Å². The van der Waals surface area contributed by atoms with Gasteiger partial charge in [0.15, 0.2) is 0 Å². The van der Waals surface area contributed by atoms with Crippen LogP contribution in [0.3, 0.4) is 0 Å². The first-order chi connectivity index (χ1) is 9.65. The van der Waals surface area contributed by atoms with Crippen LogP contribution in [0.2, 0.25) is 0 Å². The molecular formula is C17H17BrFN. The Hall–Kier alpha value is -1.35. The predicted octanol–water partition coefficient (Wildman–Crippen LogP) is 5.46. The van der Waals surface area contributed by atoms with Gasteiger partial charge in [0.1, 0.15) is 5.82 Å². The monoisotopic (exact) mass is 333 g/mol. The Bertz CT molecular complexity index is 608. The fraction of sp³-hybridized carbons (Fsp3) is 0.294. The van der Waals surface area contributed by atoms with Crippen molar-refractivity contribution in [3.63, 3.8) is 0 Å². The zero-order valence-electron chi connectivity index (χ0n) is 11.4. The molecule has 0 saturated heterocycles. The Labute approximate surface area is 127 Å². The lowest BCUT2D eigenvalue weighted by atomic mass is 10.0. The van der Waals surface area contributed by atoms with Crippen molar-refractivity contribution >= 4 is 21.6 Å². The summed E-state index contributed by atoms with van der Waals surface area (Å²) in [6.45, 7) is 2.00. The van der Waals surface area contributed by atoms with Crippen LogP contribution in [0.5, 0.6) is 0 Å². The highest BCUT2D eigenvalue weighted by Crippen LogP contribution is 2.43. The van der Waals surface area contributed by atoms with Crippen LogP contribution in [-0.2, 0) is 0 Å². The van der Waals surface area contributed by atoms with Gasteiger partial charge < -0.3 is 5.32 Å². The van der Waals surface area contributed by atoms with Crippen molar-refractivity contribution in [2.24, 2.45) is 5.92 Å². The molecule has 1 nitrogen and oxygen atoms in total. The van der Waals surface area contributed by atoms with Crippen LogP contribution in [0.1, 0.15) is 30.0 Å². The maximum Gasteiger partial charge on any atom is 0.139 e. The minimum absolute atomic E-state index is 0.222. The number of aryl methyl sites for hydroxylation is 1. The van der Waals surface area contributed by atoms with E-state index < -0.39 is 0 Å². The molecule has 0 bridgehead atoms. The summed E-state index contributed by atoms with van der Waals surface area (Å²) in [6, 6.07) is 14.1. The second-order valence-electron chi connectivity index (χ2n) is 5.45. The maximum atomic E-state index is 13.7. The number of nitrogens with one attached hydrogen (secondary N) is 1. The summed E-state index contributed by atoms with van der Waals surface area (Å²) < 4.78 is 14.3. The molecule has 0 heterocycles. The van der Waals surface area contributed by atoms with Crippen LogP contribution >= 0.6 is 15.9 Å². The van der Waals surface area contributed by atoms with E-state index in [2.05, 4.69) is 45.5 Å². The van der Waals surface area contributed by atoms with Gasteiger partial charge >= 0.3 is 0 Å². The third-order valence-corrected chi connectivity index (χ3v) is 4.44. The van der Waals surface area contributed by atoms with Crippen LogP contribution in [0.15, 0.2) is 46.9 Å². The standard InChI is InChI=1S/C17H17BrFN/c1-11-9-14(18)15(19)10-16(11)20-17(13-7-8-13)12-5-3-2-4-6-12/h2-6,9-10,13,17,20H,7-8H2,1H3. The topological polar surface area (TPSA) is 12.0 Å². The fourth-order valence-electron chi connectivity index (χ4n) is 2.53. The van der Waals surface area contributed by atoms with Crippen LogP contribution in [0.25, 0.3) is 0 Å². The number of hydrogen-bond acceptors (Lipinski definition) is 1. The molecule has 2 aromatic rings. The first-order valence-corrected chi connectivity index (χ1v) is 7.71. The highest BCUT2D eigenvalue weighted by Gasteiger charge is 2.32. The minimum Gasteiger partial charge on any atom is -0.378 e. The molecule has 1 aliphatic rings. The van der Waals surface area contributed by atoms with E-state index in [9.17, 15) is 4.39 Å². The van der Waals surface area contributed by atoms with Crippen LogP contribution in [0, 0.1) is 18.7 Å². The van der Waals surface area contributed by atoms with Crippen molar-refractivity contribution in [2.75, 3.05) is 5.32 Å². The van der Waals surface area contributed by atoms with Crippen molar-refractivity contribution in [3.8, 4) is 0 Å². The van der Waals surface area contributed by atoms with Gasteiger partial charge in [-0.2, -0.15) is 0 Å². The van der Waals surface area contributed by atoms with Crippen LogP contribution in [0.4, 0.5) is 10.1 Å². The van der Waals surface area contributed by atoms with Crippen LogP contribution < -0.4 is 5.32 Å². The molecule has 1 fully saturated rings. The molecule has 0 radical (unpaired) electrons. The molecule has 3 rings (SSSR count). The smallest absolute Gasteiger partial charge is 0.139 e. The minimum atomic E-state index is -0.222. The summed E-state index contributed by atoms with van der Waals surface area (Å²) in [4.78, 5) is 0. The van der Waals surface area contributed by atoms with Gasteiger partial charge in [0.25, 0.3) is 0 Å². The molecule has 1 atom stereocenters. The summed E-state index contributed by atoms with van der Waals surface area (Å²) in [5.74, 6) is 0.434. The first-order valence-electron chi connectivity index (χ1n) is 6.92. The summed E-state index contributed by atoms with van der Waals surface area (Å²) in [5.41, 5.74) is 3.21. The largest absolute Gasteiger partial charge is 0.378 e. The molecule has 1 aliphatic carbocycles. The summed E-state index contributed by atoms with van der Waals surface area (Å²) >= 11 is 3.23. The van der Waals surface area contributed by atoms with Gasteiger partial charge in [-0.25, -0.2) is 4.39 Å². The Morgan fingerprint density at radius 1 is 1.20 bits per heavy atom. The molecule has 1 unspecified atom stereocenters. The molecule has 0 aromatic heterocycles. The highest BCUT2D eigenvalue weighted by atomic mass is 79.9. The fourth-order valence-corrected chi connectivity index (χ4v) is 2.99.